The van der Waals surface area contributed by atoms with E-state index in [1.165, 1.54) is 57.8 Å². The van der Waals surface area contributed by atoms with Crippen LogP contribution in [0.15, 0.2) is 0 Å². The quantitative estimate of drug-likeness (QED) is 0.695. The molecule has 0 heterocycles. The first kappa shape index (κ1) is 15.3. The number of nitrogens with one attached hydrogen (secondary N) is 1. The molecule has 1 N–H and O–H groups in total. The van der Waals surface area contributed by atoms with Gasteiger partial charge in [0.2, 0.25) is 0 Å². The van der Waals surface area contributed by atoms with Gasteiger partial charge in [0.05, 0.1) is 11.7 Å². The third-order valence-electron chi connectivity index (χ3n) is 4.56. The SMILES string of the molecule is CC(C)CC(C)OC1(CNC2CC2)CCCCCC1. The lowest BCUT2D eigenvalue weighted by molar-refractivity contribution is -0.100. The molecule has 2 heteroatoms. The van der Waals surface area contributed by atoms with Gasteiger partial charge in [-0.1, -0.05) is 39.5 Å². The van der Waals surface area contributed by atoms with Crippen LogP contribution in [0.2, 0.25) is 0 Å². The molecule has 1 atom stereocenters. The van der Waals surface area contributed by atoms with Crippen molar-refractivity contribution in [2.24, 2.45) is 5.92 Å². The first-order valence-corrected chi connectivity index (χ1v) is 8.51. The van der Waals surface area contributed by atoms with Gasteiger partial charge in [-0.05, 0) is 44.9 Å². The molecule has 0 bridgehead atoms. The van der Waals surface area contributed by atoms with Crippen molar-refractivity contribution in [1.29, 1.82) is 0 Å². The van der Waals surface area contributed by atoms with Crippen molar-refractivity contribution in [3.63, 3.8) is 0 Å². The second kappa shape index (κ2) is 7.08. The van der Waals surface area contributed by atoms with E-state index in [-0.39, 0.29) is 5.60 Å². The molecule has 2 aliphatic rings. The van der Waals surface area contributed by atoms with Gasteiger partial charge in [-0.25, -0.2) is 0 Å². The highest BCUT2D eigenvalue weighted by Crippen LogP contribution is 2.33. The van der Waals surface area contributed by atoms with Gasteiger partial charge in [-0.15, -0.1) is 0 Å². The molecule has 19 heavy (non-hydrogen) atoms. The Morgan fingerprint density at radius 3 is 2.21 bits per heavy atom. The maximum atomic E-state index is 6.59. The van der Waals surface area contributed by atoms with Crippen LogP contribution in [0.5, 0.6) is 0 Å². The largest absolute Gasteiger partial charge is 0.371 e. The van der Waals surface area contributed by atoms with Crippen LogP contribution in [0.3, 0.4) is 0 Å². The Morgan fingerprint density at radius 2 is 1.68 bits per heavy atom. The summed E-state index contributed by atoms with van der Waals surface area (Å²) in [6.07, 6.45) is 12.3. The molecule has 2 saturated carbocycles. The van der Waals surface area contributed by atoms with Crippen molar-refractivity contribution in [2.75, 3.05) is 6.54 Å². The lowest BCUT2D eigenvalue weighted by atomic mass is 9.93. The Bertz CT molecular complexity index is 252. The van der Waals surface area contributed by atoms with Crippen LogP contribution in [0.1, 0.15) is 78.6 Å². The molecule has 0 aliphatic heterocycles. The molecule has 0 saturated heterocycles. The van der Waals surface area contributed by atoms with Crippen molar-refractivity contribution in [3.05, 3.63) is 0 Å². The number of hydrogen-bond donors (Lipinski definition) is 1. The van der Waals surface area contributed by atoms with E-state index < -0.39 is 0 Å². The Hall–Kier alpha value is -0.0800. The van der Waals surface area contributed by atoms with Crippen LogP contribution in [-0.2, 0) is 4.74 Å². The van der Waals surface area contributed by atoms with Gasteiger partial charge in [-0.3, -0.25) is 0 Å². The topological polar surface area (TPSA) is 21.3 Å². The van der Waals surface area contributed by atoms with E-state index in [0.29, 0.717) is 6.10 Å². The third-order valence-corrected chi connectivity index (χ3v) is 4.56. The summed E-state index contributed by atoms with van der Waals surface area (Å²) in [5.74, 6) is 0.731. The van der Waals surface area contributed by atoms with E-state index in [2.05, 4.69) is 26.1 Å². The van der Waals surface area contributed by atoms with Crippen molar-refractivity contribution < 1.29 is 4.74 Å². The maximum absolute atomic E-state index is 6.59. The average Bonchev–Trinajstić information content (AvgIpc) is 3.13. The van der Waals surface area contributed by atoms with Gasteiger partial charge in [0.15, 0.2) is 0 Å². The van der Waals surface area contributed by atoms with E-state index >= 15 is 0 Å². The van der Waals surface area contributed by atoms with Crippen molar-refractivity contribution >= 4 is 0 Å². The fourth-order valence-electron chi connectivity index (χ4n) is 3.47. The minimum absolute atomic E-state index is 0.132. The van der Waals surface area contributed by atoms with Crippen molar-refractivity contribution in [2.45, 2.75) is 96.3 Å². The van der Waals surface area contributed by atoms with Crippen LogP contribution < -0.4 is 5.32 Å². The van der Waals surface area contributed by atoms with Crippen LogP contribution in [0.4, 0.5) is 0 Å². The molecule has 112 valence electrons. The Labute approximate surface area is 119 Å². The summed E-state index contributed by atoms with van der Waals surface area (Å²) in [6, 6.07) is 0.795. The number of hydrogen-bond acceptors (Lipinski definition) is 2. The van der Waals surface area contributed by atoms with E-state index in [1.54, 1.807) is 0 Å². The molecule has 2 aliphatic carbocycles. The van der Waals surface area contributed by atoms with Crippen LogP contribution >= 0.6 is 0 Å². The molecule has 0 aromatic rings. The molecule has 2 rings (SSSR count). The Kier molecular flexibility index (Phi) is 5.70. The normalized spacial score (nSPS) is 25.3. The van der Waals surface area contributed by atoms with Gasteiger partial charge < -0.3 is 10.1 Å². The van der Waals surface area contributed by atoms with Crippen LogP contribution in [-0.4, -0.2) is 24.3 Å². The molecule has 0 aromatic heterocycles. The van der Waals surface area contributed by atoms with Crippen molar-refractivity contribution in [1.82, 2.24) is 5.32 Å². The molecular weight excluding hydrogens is 234 g/mol. The highest BCUT2D eigenvalue weighted by atomic mass is 16.5. The summed E-state index contributed by atoms with van der Waals surface area (Å²) >= 11 is 0. The predicted molar refractivity (Wildman–Crippen MR) is 81.5 cm³/mol. The molecule has 0 aromatic carbocycles. The van der Waals surface area contributed by atoms with Gasteiger partial charge >= 0.3 is 0 Å². The summed E-state index contributed by atoms with van der Waals surface area (Å²) in [7, 11) is 0. The molecule has 2 nitrogen and oxygen atoms in total. The zero-order chi connectivity index (χ0) is 13.7. The number of rotatable bonds is 7. The first-order chi connectivity index (χ1) is 9.10. The van der Waals surface area contributed by atoms with Crippen LogP contribution in [0, 0.1) is 5.92 Å². The minimum atomic E-state index is 0.132. The summed E-state index contributed by atoms with van der Waals surface area (Å²) in [5.41, 5.74) is 0.132. The Balaban J connectivity index is 1.90. The minimum Gasteiger partial charge on any atom is -0.371 e. The van der Waals surface area contributed by atoms with Crippen molar-refractivity contribution in [3.8, 4) is 0 Å². The van der Waals surface area contributed by atoms with E-state index in [4.69, 9.17) is 4.74 Å². The second-order valence-corrected chi connectivity index (χ2v) is 7.31. The first-order valence-electron chi connectivity index (χ1n) is 8.51. The highest BCUT2D eigenvalue weighted by molar-refractivity contribution is 4.91. The maximum Gasteiger partial charge on any atom is 0.0810 e. The Morgan fingerprint density at radius 1 is 1.05 bits per heavy atom. The summed E-state index contributed by atoms with van der Waals surface area (Å²) in [5, 5.41) is 3.73. The zero-order valence-corrected chi connectivity index (χ0v) is 13.2. The van der Waals surface area contributed by atoms with Gasteiger partial charge in [0.25, 0.3) is 0 Å². The third kappa shape index (κ3) is 5.43. The smallest absolute Gasteiger partial charge is 0.0810 e. The number of ether oxygens (including phenoxy) is 1. The van der Waals surface area contributed by atoms with Crippen LogP contribution in [0.25, 0.3) is 0 Å². The highest BCUT2D eigenvalue weighted by Gasteiger charge is 2.35. The fourth-order valence-corrected chi connectivity index (χ4v) is 3.47. The lowest BCUT2D eigenvalue weighted by Gasteiger charge is -2.37. The lowest BCUT2D eigenvalue weighted by Crippen LogP contribution is -2.45. The molecule has 0 amide bonds. The molecule has 2 fully saturated rings. The molecular formula is C17H33NO. The van der Waals surface area contributed by atoms with Gasteiger partial charge in [0, 0.05) is 12.6 Å². The van der Waals surface area contributed by atoms with Gasteiger partial charge in [-0.2, -0.15) is 0 Å². The average molecular weight is 267 g/mol. The summed E-state index contributed by atoms with van der Waals surface area (Å²) < 4.78 is 6.59. The summed E-state index contributed by atoms with van der Waals surface area (Å²) in [4.78, 5) is 0. The molecule has 0 radical (unpaired) electrons. The van der Waals surface area contributed by atoms with E-state index in [0.717, 1.165) is 18.5 Å². The van der Waals surface area contributed by atoms with E-state index in [1.807, 2.05) is 0 Å². The second-order valence-electron chi connectivity index (χ2n) is 7.31. The van der Waals surface area contributed by atoms with Gasteiger partial charge in [0.1, 0.15) is 0 Å². The predicted octanol–water partition coefficient (Wildman–Crippen LogP) is 4.28. The fraction of sp³-hybridized carbons (Fsp3) is 1.00. The summed E-state index contributed by atoms with van der Waals surface area (Å²) in [6.45, 7) is 7.94. The molecule has 0 spiro atoms. The zero-order valence-electron chi connectivity index (χ0n) is 13.2. The monoisotopic (exact) mass is 267 g/mol. The standard InChI is InChI=1S/C17H33NO/c1-14(2)12-15(3)19-17(13-18-16-8-9-16)10-6-4-5-7-11-17/h14-16,18H,4-13H2,1-3H3. The molecule has 1 unspecified atom stereocenters. The van der Waals surface area contributed by atoms with E-state index in [9.17, 15) is 0 Å².